The molecule has 2 rings (SSSR count). The number of aliphatic hydroxyl groups is 1. The van der Waals surface area contributed by atoms with Crippen molar-refractivity contribution in [3.05, 3.63) is 29.3 Å². The number of nitrogens with one attached hydrogen (secondary N) is 2. The van der Waals surface area contributed by atoms with Crippen molar-refractivity contribution in [2.75, 3.05) is 13.1 Å². The first kappa shape index (κ1) is 16.9. The van der Waals surface area contributed by atoms with Crippen LogP contribution in [0.5, 0.6) is 5.75 Å². The monoisotopic (exact) mass is 326 g/mol. The summed E-state index contributed by atoms with van der Waals surface area (Å²) in [4.78, 5) is 11.7. The molecule has 0 unspecified atom stereocenters. The molecule has 0 radical (unpaired) electrons. The molecule has 3 N–H and O–H groups in total. The molecule has 122 valence electrons. The number of para-hydroxylation sites is 1. The van der Waals surface area contributed by atoms with Crippen molar-refractivity contribution >= 4 is 17.6 Å². The predicted octanol–water partition coefficient (Wildman–Crippen LogP) is 2.57. The second kappa shape index (κ2) is 8.25. The average Bonchev–Trinajstić information content (AvgIpc) is 2.91. The molecule has 1 aliphatic carbocycles. The molecule has 0 heterocycles. The molecule has 22 heavy (non-hydrogen) atoms. The van der Waals surface area contributed by atoms with Crippen molar-refractivity contribution in [1.29, 1.82) is 0 Å². The number of halogens is 1. The summed E-state index contributed by atoms with van der Waals surface area (Å²) in [6.45, 7) is 2.87. The minimum Gasteiger partial charge on any atom is -0.487 e. The fraction of sp³-hybridized carbons (Fsp3) is 0.562. The number of urea groups is 1. The summed E-state index contributed by atoms with van der Waals surface area (Å²) in [5, 5.41) is 15.6. The number of rotatable bonds is 6. The number of benzene rings is 1. The van der Waals surface area contributed by atoms with Gasteiger partial charge in [0.1, 0.15) is 11.9 Å². The van der Waals surface area contributed by atoms with Crippen LogP contribution < -0.4 is 15.4 Å². The standard InChI is InChI=1S/C16H23ClN2O3/c1-11(22-15-5-3-2-4-14(15)17)9-18-16(21)19-10-12-6-7-13(20)8-12/h2-5,11-13,20H,6-10H2,1H3,(H2,18,19,21)/t11-,12-,13+/m1/s1. The Labute approximate surface area is 136 Å². The van der Waals surface area contributed by atoms with E-state index in [-0.39, 0.29) is 18.2 Å². The highest BCUT2D eigenvalue weighted by Crippen LogP contribution is 2.25. The summed E-state index contributed by atoms with van der Waals surface area (Å²) in [6.07, 6.45) is 2.18. The molecule has 0 aromatic heterocycles. The maximum absolute atomic E-state index is 11.7. The van der Waals surface area contributed by atoms with Gasteiger partial charge >= 0.3 is 6.03 Å². The zero-order valence-electron chi connectivity index (χ0n) is 12.7. The van der Waals surface area contributed by atoms with E-state index in [0.29, 0.717) is 29.8 Å². The van der Waals surface area contributed by atoms with Gasteiger partial charge in [0.25, 0.3) is 0 Å². The third kappa shape index (κ3) is 5.39. The first-order chi connectivity index (χ1) is 10.5. The Morgan fingerprint density at radius 3 is 2.86 bits per heavy atom. The molecular formula is C16H23ClN2O3. The van der Waals surface area contributed by atoms with Crippen molar-refractivity contribution in [1.82, 2.24) is 10.6 Å². The van der Waals surface area contributed by atoms with Gasteiger partial charge in [-0.25, -0.2) is 4.79 Å². The number of hydrogen-bond acceptors (Lipinski definition) is 3. The van der Waals surface area contributed by atoms with Crippen LogP contribution in [0.3, 0.4) is 0 Å². The minimum atomic E-state index is -0.212. The van der Waals surface area contributed by atoms with E-state index >= 15 is 0 Å². The molecule has 5 nitrogen and oxygen atoms in total. The minimum absolute atomic E-state index is 0.182. The van der Waals surface area contributed by atoms with E-state index < -0.39 is 0 Å². The fourth-order valence-electron chi connectivity index (χ4n) is 2.57. The van der Waals surface area contributed by atoms with Crippen LogP contribution in [-0.4, -0.2) is 36.4 Å². The number of aliphatic hydroxyl groups excluding tert-OH is 1. The molecule has 2 amide bonds. The van der Waals surface area contributed by atoms with Gasteiger partial charge in [-0.3, -0.25) is 0 Å². The second-order valence-corrected chi connectivity index (χ2v) is 6.19. The predicted molar refractivity (Wildman–Crippen MR) is 86.3 cm³/mol. The molecule has 3 atom stereocenters. The molecule has 1 aromatic rings. The van der Waals surface area contributed by atoms with Gasteiger partial charge in [0.2, 0.25) is 0 Å². The largest absolute Gasteiger partial charge is 0.487 e. The van der Waals surface area contributed by atoms with Gasteiger partial charge in [0.15, 0.2) is 0 Å². The van der Waals surface area contributed by atoms with Crippen molar-refractivity contribution < 1.29 is 14.6 Å². The van der Waals surface area contributed by atoms with E-state index in [1.807, 2.05) is 19.1 Å². The number of carbonyl (C=O) groups is 1. The lowest BCUT2D eigenvalue weighted by atomic mass is 10.1. The van der Waals surface area contributed by atoms with Gasteiger partial charge in [-0.2, -0.15) is 0 Å². The third-order valence-electron chi connectivity index (χ3n) is 3.78. The Kier molecular flexibility index (Phi) is 6.34. The lowest BCUT2D eigenvalue weighted by Crippen LogP contribution is -2.42. The Bertz CT molecular complexity index is 498. The van der Waals surface area contributed by atoms with E-state index in [0.717, 1.165) is 19.3 Å². The van der Waals surface area contributed by atoms with E-state index in [9.17, 15) is 9.90 Å². The lowest BCUT2D eigenvalue weighted by Gasteiger charge is -2.17. The Morgan fingerprint density at radius 1 is 1.41 bits per heavy atom. The van der Waals surface area contributed by atoms with E-state index in [4.69, 9.17) is 16.3 Å². The van der Waals surface area contributed by atoms with E-state index in [1.54, 1.807) is 12.1 Å². The van der Waals surface area contributed by atoms with Crippen LogP contribution in [-0.2, 0) is 0 Å². The quantitative estimate of drug-likeness (QED) is 0.752. The summed E-state index contributed by atoms with van der Waals surface area (Å²) in [5.74, 6) is 0.983. The molecule has 0 spiro atoms. The molecule has 1 aliphatic rings. The van der Waals surface area contributed by atoms with Crippen LogP contribution in [0.1, 0.15) is 26.2 Å². The summed E-state index contributed by atoms with van der Waals surface area (Å²) >= 11 is 6.02. The van der Waals surface area contributed by atoms with Crippen LogP contribution in [0.4, 0.5) is 4.79 Å². The molecule has 0 aliphatic heterocycles. The lowest BCUT2D eigenvalue weighted by molar-refractivity contribution is 0.177. The molecular weight excluding hydrogens is 304 g/mol. The van der Waals surface area contributed by atoms with Crippen molar-refractivity contribution in [3.8, 4) is 5.75 Å². The molecule has 1 aromatic carbocycles. The SMILES string of the molecule is C[C@H](CNC(=O)NC[C@@H]1CC[C@H](O)C1)Oc1ccccc1Cl. The number of ether oxygens (including phenoxy) is 1. The van der Waals surface area contributed by atoms with Gasteiger partial charge < -0.3 is 20.5 Å². The summed E-state index contributed by atoms with van der Waals surface area (Å²) in [5.41, 5.74) is 0. The Morgan fingerprint density at radius 2 is 2.18 bits per heavy atom. The summed E-state index contributed by atoms with van der Waals surface area (Å²) in [7, 11) is 0. The van der Waals surface area contributed by atoms with E-state index in [1.165, 1.54) is 0 Å². The maximum atomic E-state index is 11.7. The number of amides is 2. The number of carbonyl (C=O) groups excluding carboxylic acids is 1. The average molecular weight is 327 g/mol. The van der Waals surface area contributed by atoms with Gasteiger partial charge in [-0.05, 0) is 44.2 Å². The van der Waals surface area contributed by atoms with Crippen LogP contribution in [0.15, 0.2) is 24.3 Å². The van der Waals surface area contributed by atoms with Gasteiger partial charge in [-0.15, -0.1) is 0 Å². The first-order valence-corrected chi connectivity index (χ1v) is 8.03. The molecule has 1 fully saturated rings. The normalized spacial score (nSPS) is 22.1. The second-order valence-electron chi connectivity index (χ2n) is 5.78. The van der Waals surface area contributed by atoms with Crippen LogP contribution >= 0.6 is 11.6 Å². The third-order valence-corrected chi connectivity index (χ3v) is 4.09. The van der Waals surface area contributed by atoms with Crippen LogP contribution in [0, 0.1) is 5.92 Å². The zero-order valence-corrected chi connectivity index (χ0v) is 13.5. The first-order valence-electron chi connectivity index (χ1n) is 7.65. The van der Waals surface area contributed by atoms with Crippen LogP contribution in [0.25, 0.3) is 0 Å². The summed E-state index contributed by atoms with van der Waals surface area (Å²) in [6, 6.07) is 7.04. The molecule has 0 saturated heterocycles. The molecule has 1 saturated carbocycles. The van der Waals surface area contributed by atoms with Gasteiger partial charge in [0.05, 0.1) is 17.7 Å². The summed E-state index contributed by atoms with van der Waals surface area (Å²) < 4.78 is 5.68. The highest BCUT2D eigenvalue weighted by atomic mass is 35.5. The van der Waals surface area contributed by atoms with Crippen LogP contribution in [0.2, 0.25) is 5.02 Å². The Hall–Kier alpha value is -1.46. The van der Waals surface area contributed by atoms with Crippen molar-refractivity contribution in [2.45, 2.75) is 38.4 Å². The van der Waals surface area contributed by atoms with E-state index in [2.05, 4.69) is 10.6 Å². The number of hydrogen-bond donors (Lipinski definition) is 3. The molecule has 0 bridgehead atoms. The Balaban J connectivity index is 1.64. The smallest absolute Gasteiger partial charge is 0.314 e. The maximum Gasteiger partial charge on any atom is 0.314 e. The highest BCUT2D eigenvalue weighted by molar-refractivity contribution is 6.32. The molecule has 6 heteroatoms. The zero-order chi connectivity index (χ0) is 15.9. The van der Waals surface area contributed by atoms with Crippen molar-refractivity contribution in [2.24, 2.45) is 5.92 Å². The van der Waals surface area contributed by atoms with Gasteiger partial charge in [-0.1, -0.05) is 23.7 Å². The van der Waals surface area contributed by atoms with Gasteiger partial charge in [0, 0.05) is 6.54 Å². The van der Waals surface area contributed by atoms with Crippen molar-refractivity contribution in [3.63, 3.8) is 0 Å². The topological polar surface area (TPSA) is 70.6 Å². The highest BCUT2D eigenvalue weighted by Gasteiger charge is 2.22. The fourth-order valence-corrected chi connectivity index (χ4v) is 2.75.